The molecule has 24 heavy (non-hydrogen) atoms. The molecular weight excluding hydrogens is 330 g/mol. The highest BCUT2D eigenvalue weighted by molar-refractivity contribution is 6.31. The first-order valence-corrected chi connectivity index (χ1v) is 8.68. The van der Waals surface area contributed by atoms with Crippen LogP contribution in [0, 0.1) is 5.92 Å². The third-order valence-corrected chi connectivity index (χ3v) is 4.41. The fourth-order valence-electron chi connectivity index (χ4n) is 2.64. The summed E-state index contributed by atoms with van der Waals surface area (Å²) in [5.41, 5.74) is 0.874. The Bertz CT molecular complexity index is 613. The van der Waals surface area contributed by atoms with Crippen molar-refractivity contribution in [3.05, 3.63) is 28.8 Å². The number of hydrogen-bond donors (Lipinski definition) is 3. The maximum atomic E-state index is 12.4. The van der Waals surface area contributed by atoms with Gasteiger partial charge >= 0.3 is 0 Å². The van der Waals surface area contributed by atoms with Gasteiger partial charge in [-0.3, -0.25) is 9.59 Å². The number of anilines is 1. The third kappa shape index (κ3) is 4.93. The topological polar surface area (TPSA) is 79.5 Å². The van der Waals surface area contributed by atoms with E-state index in [0.29, 0.717) is 48.4 Å². The van der Waals surface area contributed by atoms with E-state index in [9.17, 15) is 9.59 Å². The largest absolute Gasteiger partial charge is 0.378 e. The van der Waals surface area contributed by atoms with Crippen LogP contribution in [0.5, 0.6) is 0 Å². The van der Waals surface area contributed by atoms with Crippen LogP contribution >= 0.6 is 11.6 Å². The fraction of sp³-hybridized carbons (Fsp3) is 0.529. The van der Waals surface area contributed by atoms with E-state index in [2.05, 4.69) is 16.0 Å². The minimum absolute atomic E-state index is 0.00167. The number of hydrogen-bond acceptors (Lipinski definition) is 4. The van der Waals surface area contributed by atoms with Gasteiger partial charge in [0.05, 0.1) is 24.5 Å². The van der Waals surface area contributed by atoms with Crippen molar-refractivity contribution in [2.24, 2.45) is 5.92 Å². The highest BCUT2D eigenvalue weighted by atomic mass is 35.5. The van der Waals surface area contributed by atoms with Gasteiger partial charge in [0.25, 0.3) is 5.91 Å². The zero-order chi connectivity index (χ0) is 16.9. The Morgan fingerprint density at radius 2 is 2.17 bits per heavy atom. The van der Waals surface area contributed by atoms with E-state index in [-0.39, 0.29) is 17.9 Å². The second kappa shape index (κ2) is 7.96. The van der Waals surface area contributed by atoms with Crippen LogP contribution in [0.3, 0.4) is 0 Å². The molecule has 0 radical (unpaired) electrons. The van der Waals surface area contributed by atoms with Crippen molar-refractivity contribution in [1.82, 2.24) is 10.6 Å². The van der Waals surface area contributed by atoms with Gasteiger partial charge in [-0.15, -0.1) is 0 Å². The summed E-state index contributed by atoms with van der Waals surface area (Å²) in [5.74, 6) is 0.221. The molecule has 1 aliphatic carbocycles. The van der Waals surface area contributed by atoms with E-state index < -0.39 is 0 Å². The lowest BCUT2D eigenvalue weighted by Crippen LogP contribution is -2.43. The van der Waals surface area contributed by atoms with Gasteiger partial charge in [0, 0.05) is 30.6 Å². The summed E-state index contributed by atoms with van der Waals surface area (Å²) in [6.07, 6.45) is 2.62. The van der Waals surface area contributed by atoms with Gasteiger partial charge in [-0.2, -0.15) is 0 Å². The van der Waals surface area contributed by atoms with E-state index in [1.54, 1.807) is 18.2 Å². The molecule has 2 aliphatic rings. The standard InChI is InChI=1S/C17H22ClN3O3/c18-12-3-4-15(14(7-12)17(23)20-9-11-1-2-11)21-16(22)8-13-10-24-6-5-19-13/h3-4,7,11,13,19H,1-2,5-6,8-10H2,(H,20,23)(H,21,22). The minimum Gasteiger partial charge on any atom is -0.378 e. The Kier molecular flexibility index (Phi) is 5.71. The van der Waals surface area contributed by atoms with Gasteiger partial charge in [-0.1, -0.05) is 11.6 Å². The first kappa shape index (κ1) is 17.2. The molecule has 1 aromatic rings. The Morgan fingerprint density at radius 1 is 1.33 bits per heavy atom. The van der Waals surface area contributed by atoms with Crippen LogP contribution in [-0.2, 0) is 9.53 Å². The lowest BCUT2D eigenvalue weighted by molar-refractivity contribution is -0.117. The normalized spacial score (nSPS) is 20.5. The number of carbonyl (C=O) groups is 2. The van der Waals surface area contributed by atoms with Crippen LogP contribution in [0.15, 0.2) is 18.2 Å². The molecule has 6 nitrogen and oxygen atoms in total. The Labute approximate surface area is 146 Å². The first-order valence-electron chi connectivity index (χ1n) is 8.30. The van der Waals surface area contributed by atoms with E-state index in [4.69, 9.17) is 16.3 Å². The summed E-state index contributed by atoms with van der Waals surface area (Å²) in [7, 11) is 0. The number of morpholine rings is 1. The van der Waals surface area contributed by atoms with Crippen LogP contribution in [0.25, 0.3) is 0 Å². The van der Waals surface area contributed by atoms with Crippen molar-refractivity contribution in [2.75, 3.05) is 31.6 Å². The molecule has 2 fully saturated rings. The maximum Gasteiger partial charge on any atom is 0.253 e. The number of halogens is 1. The molecular formula is C17H22ClN3O3. The number of amides is 2. The fourth-order valence-corrected chi connectivity index (χ4v) is 2.82. The van der Waals surface area contributed by atoms with E-state index >= 15 is 0 Å². The van der Waals surface area contributed by atoms with Crippen LogP contribution < -0.4 is 16.0 Å². The molecule has 1 unspecified atom stereocenters. The Balaban J connectivity index is 1.62. The molecule has 1 saturated heterocycles. The number of nitrogens with one attached hydrogen (secondary N) is 3. The zero-order valence-electron chi connectivity index (χ0n) is 13.4. The van der Waals surface area contributed by atoms with Crippen molar-refractivity contribution >= 4 is 29.1 Å². The number of ether oxygens (including phenoxy) is 1. The summed E-state index contributed by atoms with van der Waals surface area (Å²) < 4.78 is 5.35. The summed E-state index contributed by atoms with van der Waals surface area (Å²) in [6, 6.07) is 4.91. The van der Waals surface area contributed by atoms with Gasteiger partial charge in [-0.05, 0) is 37.0 Å². The van der Waals surface area contributed by atoms with Gasteiger partial charge < -0.3 is 20.7 Å². The third-order valence-electron chi connectivity index (χ3n) is 4.18. The average molecular weight is 352 g/mol. The smallest absolute Gasteiger partial charge is 0.253 e. The molecule has 3 rings (SSSR count). The summed E-state index contributed by atoms with van der Waals surface area (Å²) in [6.45, 7) is 2.60. The molecule has 0 aromatic heterocycles. The quantitative estimate of drug-likeness (QED) is 0.730. The number of carbonyl (C=O) groups excluding carboxylic acids is 2. The molecule has 0 bridgehead atoms. The van der Waals surface area contributed by atoms with Gasteiger partial charge in [0.2, 0.25) is 5.91 Å². The molecule has 1 aromatic carbocycles. The van der Waals surface area contributed by atoms with Gasteiger partial charge in [0.1, 0.15) is 0 Å². The second-order valence-electron chi connectivity index (χ2n) is 6.32. The van der Waals surface area contributed by atoms with Crippen LogP contribution in [0.4, 0.5) is 5.69 Å². The van der Waals surface area contributed by atoms with E-state index in [0.717, 1.165) is 19.4 Å². The summed E-state index contributed by atoms with van der Waals surface area (Å²) in [5, 5.41) is 9.42. The molecule has 1 heterocycles. The molecule has 130 valence electrons. The van der Waals surface area contributed by atoms with Crippen LogP contribution in [0.1, 0.15) is 29.6 Å². The maximum absolute atomic E-state index is 12.4. The molecule has 3 N–H and O–H groups in total. The van der Waals surface area contributed by atoms with Gasteiger partial charge in [0.15, 0.2) is 0 Å². The van der Waals surface area contributed by atoms with Crippen LogP contribution in [0.2, 0.25) is 5.02 Å². The van der Waals surface area contributed by atoms with Crippen molar-refractivity contribution in [1.29, 1.82) is 0 Å². The number of benzene rings is 1. The van der Waals surface area contributed by atoms with Crippen molar-refractivity contribution in [2.45, 2.75) is 25.3 Å². The molecule has 1 saturated carbocycles. The van der Waals surface area contributed by atoms with Crippen molar-refractivity contribution in [3.8, 4) is 0 Å². The predicted molar refractivity (Wildman–Crippen MR) is 92.4 cm³/mol. The minimum atomic E-state index is -0.209. The highest BCUT2D eigenvalue weighted by Gasteiger charge is 2.23. The molecule has 2 amide bonds. The molecule has 1 atom stereocenters. The predicted octanol–water partition coefficient (Wildman–Crippen LogP) is 1.80. The summed E-state index contributed by atoms with van der Waals surface area (Å²) >= 11 is 6.01. The van der Waals surface area contributed by atoms with Gasteiger partial charge in [-0.25, -0.2) is 0 Å². The Morgan fingerprint density at radius 3 is 2.88 bits per heavy atom. The zero-order valence-corrected chi connectivity index (χ0v) is 14.2. The monoisotopic (exact) mass is 351 g/mol. The number of rotatable bonds is 6. The van der Waals surface area contributed by atoms with Crippen molar-refractivity contribution in [3.63, 3.8) is 0 Å². The van der Waals surface area contributed by atoms with Crippen LogP contribution in [-0.4, -0.2) is 44.2 Å². The Hall–Kier alpha value is -1.63. The second-order valence-corrected chi connectivity index (χ2v) is 6.76. The van der Waals surface area contributed by atoms with E-state index in [1.165, 1.54) is 0 Å². The summed E-state index contributed by atoms with van der Waals surface area (Å²) in [4.78, 5) is 24.6. The lowest BCUT2D eigenvalue weighted by atomic mass is 10.1. The highest BCUT2D eigenvalue weighted by Crippen LogP contribution is 2.28. The molecule has 1 aliphatic heterocycles. The molecule has 7 heteroatoms. The van der Waals surface area contributed by atoms with Crippen molar-refractivity contribution < 1.29 is 14.3 Å². The average Bonchev–Trinajstić information content (AvgIpc) is 3.39. The first-order chi connectivity index (χ1) is 11.6. The molecule has 0 spiro atoms. The van der Waals surface area contributed by atoms with E-state index in [1.807, 2.05) is 0 Å². The lowest BCUT2D eigenvalue weighted by Gasteiger charge is -2.23. The SMILES string of the molecule is O=C(CC1COCCN1)Nc1ccc(Cl)cc1C(=O)NCC1CC1.